The van der Waals surface area contributed by atoms with E-state index in [4.69, 9.17) is 10.5 Å². The highest BCUT2D eigenvalue weighted by Gasteiger charge is 2.27. The highest BCUT2D eigenvalue weighted by Crippen LogP contribution is 2.35. The third kappa shape index (κ3) is 4.39. The van der Waals surface area contributed by atoms with Crippen molar-refractivity contribution in [1.29, 1.82) is 0 Å². The van der Waals surface area contributed by atoms with Crippen molar-refractivity contribution in [3.63, 3.8) is 0 Å². The number of nitrogens with zero attached hydrogens (tertiary/aromatic N) is 4. The second-order valence-corrected chi connectivity index (χ2v) is 9.30. The van der Waals surface area contributed by atoms with Crippen LogP contribution in [-0.4, -0.2) is 45.6 Å². The lowest BCUT2D eigenvalue weighted by molar-refractivity contribution is 0.0600. The molecule has 0 unspecified atom stereocenters. The van der Waals surface area contributed by atoms with Gasteiger partial charge in [0.1, 0.15) is 5.65 Å². The van der Waals surface area contributed by atoms with Crippen molar-refractivity contribution in [1.82, 2.24) is 19.4 Å². The first-order valence-electron chi connectivity index (χ1n) is 12.0. The summed E-state index contributed by atoms with van der Waals surface area (Å²) < 4.78 is 7.02. The van der Waals surface area contributed by atoms with Gasteiger partial charge in [-0.25, -0.2) is 9.78 Å². The van der Waals surface area contributed by atoms with Crippen LogP contribution in [-0.2, 0) is 11.8 Å². The molecule has 3 aromatic heterocycles. The van der Waals surface area contributed by atoms with Gasteiger partial charge in [-0.1, -0.05) is 12.1 Å². The van der Waals surface area contributed by atoms with Gasteiger partial charge < -0.3 is 15.0 Å². The summed E-state index contributed by atoms with van der Waals surface area (Å²) in [6, 6.07) is 16.3. The molecule has 1 saturated heterocycles. The maximum absolute atomic E-state index is 11.7. The van der Waals surface area contributed by atoms with Crippen LogP contribution in [0.5, 0.6) is 0 Å². The number of carbonyl (C=O) groups is 1. The minimum Gasteiger partial charge on any atom is -0.465 e. The van der Waals surface area contributed by atoms with E-state index in [9.17, 15) is 4.79 Å². The lowest BCUT2D eigenvalue weighted by Gasteiger charge is -2.36. The molecular weight excluding hydrogens is 438 g/mol. The summed E-state index contributed by atoms with van der Waals surface area (Å²) in [7, 11) is 3.51. The van der Waals surface area contributed by atoms with Gasteiger partial charge in [-0.15, -0.1) is 0 Å². The Bertz CT molecular complexity index is 1340. The van der Waals surface area contributed by atoms with E-state index in [1.165, 1.54) is 18.4 Å². The lowest BCUT2D eigenvalue weighted by atomic mass is 9.88. The first-order valence-corrected chi connectivity index (χ1v) is 12.0. The zero-order chi connectivity index (χ0) is 24.5. The number of methoxy groups -OCH3 is 1. The highest BCUT2D eigenvalue weighted by atomic mass is 16.5. The summed E-state index contributed by atoms with van der Waals surface area (Å²) >= 11 is 0. The van der Waals surface area contributed by atoms with Crippen LogP contribution in [0.1, 0.15) is 53.3 Å². The second-order valence-electron chi connectivity index (χ2n) is 9.30. The molecule has 4 aromatic rings. The molecule has 0 saturated carbocycles. The minimum atomic E-state index is -0.292. The average molecular weight is 470 g/mol. The number of piperidine rings is 1. The van der Waals surface area contributed by atoms with E-state index in [-0.39, 0.29) is 12.0 Å². The van der Waals surface area contributed by atoms with E-state index in [0.29, 0.717) is 17.2 Å². The van der Waals surface area contributed by atoms with Crippen LogP contribution in [0, 0.1) is 0 Å². The molecule has 1 aliphatic rings. The Labute approximate surface area is 205 Å². The second kappa shape index (κ2) is 9.50. The predicted octanol–water partition coefficient (Wildman–Crippen LogP) is 4.94. The van der Waals surface area contributed by atoms with E-state index in [1.54, 1.807) is 6.20 Å². The molecule has 1 fully saturated rings. The Morgan fingerprint density at radius 2 is 1.83 bits per heavy atom. The number of pyridine rings is 2. The molecule has 0 amide bonds. The largest absolute Gasteiger partial charge is 0.465 e. The smallest absolute Gasteiger partial charge is 0.337 e. The fourth-order valence-corrected chi connectivity index (χ4v) is 5.24. The van der Waals surface area contributed by atoms with Gasteiger partial charge in [-0.3, -0.25) is 9.88 Å². The molecule has 1 atom stereocenters. The van der Waals surface area contributed by atoms with Crippen LogP contribution >= 0.6 is 0 Å². The molecule has 0 radical (unpaired) electrons. The number of anilines is 1. The van der Waals surface area contributed by atoms with Gasteiger partial charge in [0, 0.05) is 35.9 Å². The number of hydrogen-bond acceptors (Lipinski definition) is 6. The fraction of sp³-hybridized carbons (Fsp3) is 0.321. The summed E-state index contributed by atoms with van der Waals surface area (Å²) in [5.74, 6) is 0.211. The number of nitrogens with two attached hydrogens (primary N) is 1. The average Bonchev–Trinajstić information content (AvgIpc) is 3.25. The lowest BCUT2D eigenvalue weighted by Crippen LogP contribution is -2.35. The first-order chi connectivity index (χ1) is 17.0. The number of hydrogen-bond donors (Lipinski definition) is 1. The zero-order valence-electron chi connectivity index (χ0n) is 20.4. The number of aromatic nitrogens is 3. The predicted molar refractivity (Wildman–Crippen MR) is 138 cm³/mol. The van der Waals surface area contributed by atoms with Gasteiger partial charge in [-0.05, 0) is 80.7 Å². The van der Waals surface area contributed by atoms with Crippen LogP contribution in [0.25, 0.3) is 22.3 Å². The molecule has 1 aliphatic heterocycles. The molecule has 7 nitrogen and oxygen atoms in total. The van der Waals surface area contributed by atoms with Crippen molar-refractivity contribution in [2.75, 3.05) is 25.9 Å². The molecule has 0 spiro atoms. The summed E-state index contributed by atoms with van der Waals surface area (Å²) in [4.78, 5) is 23.5. The molecule has 7 heteroatoms. The molecule has 180 valence electrons. The zero-order valence-corrected chi connectivity index (χ0v) is 20.4. The Kier molecular flexibility index (Phi) is 6.26. The van der Waals surface area contributed by atoms with Crippen LogP contribution in [0.4, 0.5) is 5.69 Å². The van der Waals surface area contributed by atoms with Gasteiger partial charge in [0.2, 0.25) is 0 Å². The Balaban J connectivity index is 1.33. The molecule has 2 N–H and O–H groups in total. The van der Waals surface area contributed by atoms with E-state index < -0.39 is 0 Å². The maximum Gasteiger partial charge on any atom is 0.337 e. The molecule has 5 rings (SSSR count). The highest BCUT2D eigenvalue weighted by molar-refractivity contribution is 5.93. The quantitative estimate of drug-likeness (QED) is 0.417. The van der Waals surface area contributed by atoms with Crippen LogP contribution < -0.4 is 5.73 Å². The summed E-state index contributed by atoms with van der Waals surface area (Å²) in [5, 5.41) is 1.11. The fourth-order valence-electron chi connectivity index (χ4n) is 5.24. The van der Waals surface area contributed by atoms with Gasteiger partial charge in [0.15, 0.2) is 0 Å². The normalized spacial score (nSPS) is 15.9. The number of esters is 1. The first kappa shape index (κ1) is 23.1. The van der Waals surface area contributed by atoms with Gasteiger partial charge in [-0.2, -0.15) is 0 Å². The summed E-state index contributed by atoms with van der Waals surface area (Å²) in [5.41, 5.74) is 12.6. The van der Waals surface area contributed by atoms with Gasteiger partial charge in [0.25, 0.3) is 0 Å². The third-order valence-corrected chi connectivity index (χ3v) is 7.34. The maximum atomic E-state index is 11.7. The summed E-state index contributed by atoms with van der Waals surface area (Å²) in [6.45, 7) is 4.32. The number of carbonyl (C=O) groups excluding carboxylic acids is 1. The molecular formula is C28H31N5O2. The van der Waals surface area contributed by atoms with Gasteiger partial charge in [0.05, 0.1) is 30.3 Å². The van der Waals surface area contributed by atoms with Crippen LogP contribution in [0.15, 0.2) is 60.9 Å². The van der Waals surface area contributed by atoms with Gasteiger partial charge >= 0.3 is 5.97 Å². The summed E-state index contributed by atoms with van der Waals surface area (Å²) in [6.07, 6.45) is 5.72. The van der Waals surface area contributed by atoms with E-state index in [1.807, 2.05) is 36.5 Å². The van der Waals surface area contributed by atoms with Crippen molar-refractivity contribution < 1.29 is 9.53 Å². The number of nitrogen functional groups attached to an aromatic ring is 1. The number of aryl methyl sites for hydroxylation is 1. The molecule has 0 aliphatic carbocycles. The number of benzene rings is 1. The van der Waals surface area contributed by atoms with Crippen molar-refractivity contribution in [3.05, 3.63) is 77.7 Å². The van der Waals surface area contributed by atoms with Crippen molar-refractivity contribution in [2.24, 2.45) is 7.05 Å². The van der Waals surface area contributed by atoms with E-state index >= 15 is 0 Å². The standard InChI is InChI=1S/C28H31N5O2/c1-18(33-14-11-20(12-15-33)19-4-6-21(7-5-19)28(34)35-3)26-16-24-23(10-13-30-27(24)32(26)2)25-9-8-22(29)17-31-25/h4-10,13,16-18,20H,11-12,14-15,29H2,1-3H3/t18-/m0/s1. The topological polar surface area (TPSA) is 86.3 Å². The van der Waals surface area contributed by atoms with Crippen molar-refractivity contribution in [3.8, 4) is 11.3 Å². The van der Waals surface area contributed by atoms with E-state index in [2.05, 4.69) is 51.6 Å². The molecule has 0 bridgehead atoms. The third-order valence-electron chi connectivity index (χ3n) is 7.34. The van der Waals surface area contributed by atoms with E-state index in [0.717, 1.165) is 48.2 Å². The molecule has 1 aromatic carbocycles. The van der Waals surface area contributed by atoms with Crippen LogP contribution in [0.3, 0.4) is 0 Å². The monoisotopic (exact) mass is 469 g/mol. The Morgan fingerprint density at radius 3 is 2.49 bits per heavy atom. The Hall–Kier alpha value is -3.71. The molecule has 4 heterocycles. The van der Waals surface area contributed by atoms with Crippen LogP contribution in [0.2, 0.25) is 0 Å². The molecule has 35 heavy (non-hydrogen) atoms. The Morgan fingerprint density at radius 1 is 1.09 bits per heavy atom. The SMILES string of the molecule is COC(=O)c1ccc(C2CCN([C@@H](C)c3cc4c(-c5ccc(N)cn5)ccnc4n3C)CC2)cc1. The number of fused-ring (bicyclic) bond motifs is 1. The van der Waals surface area contributed by atoms with Crippen molar-refractivity contribution in [2.45, 2.75) is 31.7 Å². The van der Waals surface area contributed by atoms with Crippen molar-refractivity contribution >= 4 is 22.7 Å². The number of ether oxygens (including phenoxy) is 1. The minimum absolute atomic E-state index is 0.268. The number of likely N-dealkylation sites (tertiary alicyclic amines) is 1. The number of rotatable bonds is 5.